The van der Waals surface area contributed by atoms with E-state index in [-0.39, 0.29) is 0 Å². The first-order chi connectivity index (χ1) is 8.63. The Labute approximate surface area is 116 Å². The van der Waals surface area contributed by atoms with Gasteiger partial charge in [0.2, 0.25) is 0 Å². The quantitative estimate of drug-likeness (QED) is 0.512. The van der Waals surface area contributed by atoms with Crippen molar-refractivity contribution in [3.63, 3.8) is 0 Å². The molecule has 0 unspecified atom stereocenters. The number of hydrogen-bond donors (Lipinski definition) is 1. The van der Waals surface area contributed by atoms with Gasteiger partial charge < -0.3 is 0 Å². The molecule has 3 heteroatoms. The number of amidine groups is 1. The fourth-order valence-electron chi connectivity index (χ4n) is 1.52. The van der Waals surface area contributed by atoms with E-state index >= 15 is 0 Å². The first-order valence-electron chi connectivity index (χ1n) is 5.79. The van der Waals surface area contributed by atoms with E-state index in [0.29, 0.717) is 0 Å². The van der Waals surface area contributed by atoms with Crippen molar-refractivity contribution < 1.29 is 0 Å². The second kappa shape index (κ2) is 5.85. The minimum absolute atomic E-state index is 0.766. The summed E-state index contributed by atoms with van der Waals surface area (Å²) in [6.45, 7) is 4.14. The van der Waals surface area contributed by atoms with Crippen LogP contribution in [0.25, 0.3) is 0 Å². The summed E-state index contributed by atoms with van der Waals surface area (Å²) in [6, 6.07) is 16.3. The zero-order valence-corrected chi connectivity index (χ0v) is 12.2. The number of benzene rings is 2. The van der Waals surface area contributed by atoms with Crippen LogP contribution in [0, 0.1) is 13.8 Å². The number of hydrogen-bond acceptors (Lipinski definition) is 1. The van der Waals surface area contributed by atoms with Gasteiger partial charge in [-0.15, -0.1) is 0 Å². The fraction of sp³-hybridized carbons (Fsp3) is 0.133. The zero-order valence-electron chi connectivity index (χ0n) is 10.5. The van der Waals surface area contributed by atoms with Crippen LogP contribution in [0.2, 0.25) is 0 Å². The van der Waals surface area contributed by atoms with Crippen molar-refractivity contribution in [2.75, 3.05) is 5.32 Å². The van der Waals surface area contributed by atoms with Gasteiger partial charge in [0, 0.05) is 0 Å². The van der Waals surface area contributed by atoms with Gasteiger partial charge in [0.05, 0.1) is 0 Å². The number of aliphatic imine (C=N–C) groups is 1. The number of rotatable bonds is 2. The van der Waals surface area contributed by atoms with E-state index in [1.54, 1.807) is 0 Å². The van der Waals surface area contributed by atoms with E-state index in [2.05, 4.69) is 64.4 Å². The van der Waals surface area contributed by atoms with Crippen molar-refractivity contribution >= 4 is 32.1 Å². The van der Waals surface area contributed by atoms with Gasteiger partial charge in [-0.05, 0) is 0 Å². The van der Waals surface area contributed by atoms with E-state index < -0.39 is 0 Å². The van der Waals surface area contributed by atoms with Crippen molar-refractivity contribution in [2.24, 2.45) is 4.99 Å². The minimum atomic E-state index is 0.766. The third-order valence-corrected chi connectivity index (χ3v) is 2.97. The molecular weight excluding hydrogens is 287 g/mol. The van der Waals surface area contributed by atoms with Crippen molar-refractivity contribution in [2.45, 2.75) is 13.8 Å². The standard InChI is InChI=1S/C15H15N2Se/c1-11-3-7-13(8-4-11)16-15(18)17-14-9-5-12(2)6-10-14/h3-10H,1-2H3,(H,16,17). The average molecular weight is 302 g/mol. The molecule has 0 aliphatic carbocycles. The molecule has 2 aromatic rings. The Hall–Kier alpha value is -1.57. The van der Waals surface area contributed by atoms with Crippen LogP contribution in [0.3, 0.4) is 0 Å². The van der Waals surface area contributed by atoms with Gasteiger partial charge in [-0.25, -0.2) is 0 Å². The SMILES string of the molecule is Cc1ccc(N=C([Se])Nc2ccc(C)cc2)cc1. The van der Waals surface area contributed by atoms with Gasteiger partial charge in [0.1, 0.15) is 0 Å². The fourth-order valence-corrected chi connectivity index (χ4v) is 1.99. The average Bonchev–Trinajstić information content (AvgIpc) is 2.35. The number of anilines is 1. The Morgan fingerprint density at radius 1 is 0.889 bits per heavy atom. The van der Waals surface area contributed by atoms with Gasteiger partial charge in [-0.3, -0.25) is 0 Å². The Morgan fingerprint density at radius 2 is 1.39 bits per heavy atom. The molecule has 0 spiro atoms. The summed E-state index contributed by atoms with van der Waals surface area (Å²) in [6.07, 6.45) is 0. The Kier molecular flexibility index (Phi) is 4.19. The molecule has 0 aliphatic rings. The maximum atomic E-state index is 4.47. The number of aryl methyl sites for hydroxylation is 2. The summed E-state index contributed by atoms with van der Waals surface area (Å²) in [5, 5.41) is 3.23. The molecule has 1 N–H and O–H groups in total. The van der Waals surface area contributed by atoms with E-state index in [1.807, 2.05) is 24.3 Å². The van der Waals surface area contributed by atoms with Crippen LogP contribution >= 0.6 is 0 Å². The first kappa shape index (κ1) is 12.9. The number of nitrogens with zero attached hydrogens (tertiary/aromatic N) is 1. The molecule has 91 valence electrons. The molecule has 0 fully saturated rings. The van der Waals surface area contributed by atoms with Crippen molar-refractivity contribution in [1.82, 2.24) is 0 Å². The summed E-state index contributed by atoms with van der Waals surface area (Å²) < 4.78 is 0.766. The molecule has 1 radical (unpaired) electrons. The third kappa shape index (κ3) is 3.73. The molecule has 0 aliphatic heterocycles. The van der Waals surface area contributed by atoms with Gasteiger partial charge in [-0.1, -0.05) is 0 Å². The third-order valence-electron chi connectivity index (χ3n) is 2.57. The van der Waals surface area contributed by atoms with Crippen LogP contribution in [0.4, 0.5) is 11.4 Å². The molecule has 0 aromatic heterocycles. The van der Waals surface area contributed by atoms with E-state index in [4.69, 9.17) is 0 Å². The summed E-state index contributed by atoms with van der Waals surface area (Å²) in [4.78, 5) is 4.47. The zero-order chi connectivity index (χ0) is 13.0. The van der Waals surface area contributed by atoms with Crippen LogP contribution in [-0.4, -0.2) is 20.7 Å². The molecule has 0 amide bonds. The van der Waals surface area contributed by atoms with Gasteiger partial charge in [-0.2, -0.15) is 0 Å². The molecule has 0 heterocycles. The van der Waals surface area contributed by atoms with Gasteiger partial charge in [0.25, 0.3) is 0 Å². The van der Waals surface area contributed by atoms with Crippen LogP contribution in [0.5, 0.6) is 0 Å². The second-order valence-electron chi connectivity index (χ2n) is 4.24. The topological polar surface area (TPSA) is 24.4 Å². The molecule has 2 aromatic carbocycles. The summed E-state index contributed by atoms with van der Waals surface area (Å²) >= 11 is 2.94. The molecule has 0 bridgehead atoms. The number of nitrogens with one attached hydrogen (secondary N) is 1. The predicted molar refractivity (Wildman–Crippen MR) is 78.8 cm³/mol. The van der Waals surface area contributed by atoms with Crippen LogP contribution in [-0.2, 0) is 0 Å². The van der Waals surface area contributed by atoms with Gasteiger partial charge in [0.15, 0.2) is 0 Å². The Balaban J connectivity index is 2.09. The summed E-state index contributed by atoms with van der Waals surface area (Å²) in [7, 11) is 0. The molecule has 0 saturated heterocycles. The summed E-state index contributed by atoms with van der Waals surface area (Å²) in [5.74, 6) is 0. The first-order valence-corrected chi connectivity index (χ1v) is 6.65. The van der Waals surface area contributed by atoms with E-state index in [1.165, 1.54) is 11.1 Å². The van der Waals surface area contributed by atoms with Crippen LogP contribution in [0.15, 0.2) is 53.5 Å². The molecule has 2 rings (SSSR count). The monoisotopic (exact) mass is 303 g/mol. The maximum absolute atomic E-state index is 4.47. The van der Waals surface area contributed by atoms with Crippen molar-refractivity contribution in [1.29, 1.82) is 0 Å². The molecule has 2 nitrogen and oxygen atoms in total. The molecule has 0 atom stereocenters. The molecule has 18 heavy (non-hydrogen) atoms. The van der Waals surface area contributed by atoms with Crippen molar-refractivity contribution in [3.8, 4) is 0 Å². The van der Waals surface area contributed by atoms with Crippen molar-refractivity contribution in [3.05, 3.63) is 59.7 Å². The summed E-state index contributed by atoms with van der Waals surface area (Å²) in [5.41, 5.74) is 4.46. The Bertz CT molecular complexity index is 542. The van der Waals surface area contributed by atoms with E-state index in [0.717, 1.165) is 16.1 Å². The van der Waals surface area contributed by atoms with Crippen LogP contribution < -0.4 is 5.32 Å². The normalized spacial score (nSPS) is 11.3. The second-order valence-corrected chi connectivity index (χ2v) is 5.05. The molecule has 0 saturated carbocycles. The van der Waals surface area contributed by atoms with Crippen LogP contribution in [0.1, 0.15) is 11.1 Å². The van der Waals surface area contributed by atoms with Gasteiger partial charge >= 0.3 is 116 Å². The molecular formula is C15H15N2Se. The van der Waals surface area contributed by atoms with E-state index in [9.17, 15) is 0 Å². The Morgan fingerprint density at radius 3 is 1.94 bits per heavy atom. The predicted octanol–water partition coefficient (Wildman–Crippen LogP) is 3.57.